The number of imide groups is 1. The predicted octanol–water partition coefficient (Wildman–Crippen LogP) is 3.47. The second kappa shape index (κ2) is 31.0. The van der Waals surface area contributed by atoms with E-state index in [-0.39, 0.29) is 104 Å². The minimum absolute atomic E-state index is 0.0274. The summed E-state index contributed by atoms with van der Waals surface area (Å²) in [6, 6.07) is 17.3. The van der Waals surface area contributed by atoms with Crippen molar-refractivity contribution in [2.75, 3.05) is 88.3 Å². The largest absolute Gasteiger partial charge is 0.479 e. The number of carboxylic acids is 1. The van der Waals surface area contributed by atoms with E-state index in [1.165, 1.54) is 34.0 Å². The standard InChI is InChI=1S/C53H60Br2ClN9O18/c54-41-42(55)49(73)64(48(41)72)17-19-79-21-23-80-22-20-78-18-13-39(66)57-14-10-40(67)61-37-24-31(8-9-38(37)82-51-45(70)43(68)44(69)46(83-51)50(74)75)29-81-53(77)63-15-11-30(12-16-63)26-58-47(71)32-4-3-5-34(25-32)65-28-33(27-59-65)60-52(76)62-36-7-2-1-6-35(36)56/h1-9,24-25,27-28,30,43-46,51,68-70H,10-23,26,29H2,(H,57,66)(H,58,71)(H,61,67)(H,74,75)(H2,60,62,76)/t43-,44-,45+,46-,51+/m0/s1. The summed E-state index contributed by atoms with van der Waals surface area (Å²) >= 11 is 12.3. The van der Waals surface area contributed by atoms with E-state index < -0.39 is 72.4 Å². The average Bonchev–Trinajstić information content (AvgIpc) is 4.03. The molecule has 27 nitrogen and oxygen atoms in total. The Bertz CT molecular complexity index is 2990. The molecule has 5 atom stereocenters. The molecule has 2 saturated heterocycles. The summed E-state index contributed by atoms with van der Waals surface area (Å²) in [5, 5.41) is 59.0. The van der Waals surface area contributed by atoms with Gasteiger partial charge in [0.05, 0.1) is 86.4 Å². The molecule has 7 rings (SSSR count). The fraction of sp³-hybridized carbons (Fsp3) is 0.415. The van der Waals surface area contributed by atoms with Crippen LogP contribution in [0.25, 0.3) is 5.69 Å². The third kappa shape index (κ3) is 18.2. The molecule has 83 heavy (non-hydrogen) atoms. The highest BCUT2D eigenvalue weighted by Crippen LogP contribution is 2.32. The van der Waals surface area contributed by atoms with E-state index in [9.17, 15) is 58.8 Å². The first-order valence-corrected chi connectivity index (χ1v) is 27.9. The van der Waals surface area contributed by atoms with Gasteiger partial charge < -0.3 is 80.3 Å². The van der Waals surface area contributed by atoms with Gasteiger partial charge >= 0.3 is 18.1 Å². The summed E-state index contributed by atoms with van der Waals surface area (Å²) in [6.07, 6.45) is -6.39. The Balaban J connectivity index is 0.822. The highest BCUT2D eigenvalue weighted by Gasteiger charge is 2.48. The number of benzene rings is 3. The first-order chi connectivity index (χ1) is 39.9. The van der Waals surface area contributed by atoms with Crippen LogP contribution in [-0.2, 0) is 54.3 Å². The van der Waals surface area contributed by atoms with Gasteiger partial charge in [0.2, 0.25) is 18.1 Å². The molecule has 4 aromatic rings. The maximum atomic E-state index is 13.3. The lowest BCUT2D eigenvalue weighted by molar-refractivity contribution is -0.271. The molecule has 3 aromatic carbocycles. The zero-order valence-corrected chi connectivity index (χ0v) is 48.1. The van der Waals surface area contributed by atoms with E-state index >= 15 is 0 Å². The molecule has 3 aliphatic rings. The molecule has 0 spiro atoms. The highest BCUT2D eigenvalue weighted by atomic mass is 79.9. The fourth-order valence-electron chi connectivity index (χ4n) is 8.40. The first kappa shape index (κ1) is 63.5. The van der Waals surface area contributed by atoms with Crippen LogP contribution in [-0.4, -0.2) is 191 Å². The number of nitrogens with zero attached hydrogens (tertiary/aromatic N) is 4. The molecule has 9 N–H and O–H groups in total. The summed E-state index contributed by atoms with van der Waals surface area (Å²) < 4.78 is 34.8. The number of para-hydroxylation sites is 1. The lowest BCUT2D eigenvalue weighted by atomic mass is 9.97. The van der Waals surface area contributed by atoms with E-state index in [4.69, 9.17) is 40.0 Å². The molecule has 446 valence electrons. The summed E-state index contributed by atoms with van der Waals surface area (Å²) in [7, 11) is 0. The van der Waals surface area contributed by atoms with E-state index in [0.29, 0.717) is 65.7 Å². The molecule has 0 unspecified atom stereocenters. The van der Waals surface area contributed by atoms with Gasteiger partial charge in [0.25, 0.3) is 17.7 Å². The quantitative estimate of drug-likeness (QED) is 0.0305. The summed E-state index contributed by atoms with van der Waals surface area (Å²) in [5.41, 5.74) is 2.13. The van der Waals surface area contributed by atoms with Crippen LogP contribution in [0.2, 0.25) is 5.02 Å². The van der Waals surface area contributed by atoms with Crippen molar-refractivity contribution in [3.8, 4) is 11.4 Å². The molecule has 30 heteroatoms. The van der Waals surface area contributed by atoms with Crippen molar-refractivity contribution in [1.29, 1.82) is 0 Å². The number of carbonyl (C=O) groups excluding carboxylic acids is 7. The monoisotopic (exact) mass is 1300 g/mol. The number of aromatic nitrogens is 2. The number of aliphatic hydroxyl groups excluding tert-OH is 3. The third-order valence-electron chi connectivity index (χ3n) is 12.9. The summed E-state index contributed by atoms with van der Waals surface area (Å²) in [5.74, 6) is -3.99. The van der Waals surface area contributed by atoms with Crippen LogP contribution < -0.4 is 31.3 Å². The Hall–Kier alpha value is -7.06. The second-order valence-electron chi connectivity index (χ2n) is 18.8. The maximum Gasteiger partial charge on any atom is 0.410 e. The molecule has 2 fully saturated rings. The van der Waals surface area contributed by atoms with E-state index in [1.54, 1.807) is 54.7 Å². The van der Waals surface area contributed by atoms with Gasteiger partial charge in [-0.15, -0.1) is 0 Å². The Kier molecular flexibility index (Phi) is 23.7. The Labute approximate surface area is 496 Å². The summed E-state index contributed by atoms with van der Waals surface area (Å²) in [6.45, 7) is 1.72. The van der Waals surface area contributed by atoms with Gasteiger partial charge in [-0.2, -0.15) is 5.10 Å². The first-order valence-electron chi connectivity index (χ1n) is 26.0. The molecule has 0 saturated carbocycles. The van der Waals surface area contributed by atoms with Crippen molar-refractivity contribution in [3.63, 3.8) is 0 Å². The lowest BCUT2D eigenvalue weighted by Crippen LogP contribution is -2.61. The Morgan fingerprint density at radius 1 is 0.747 bits per heavy atom. The Morgan fingerprint density at radius 3 is 2.16 bits per heavy atom. The normalized spacial score (nSPS) is 19.1. The number of ether oxygens (including phenoxy) is 6. The van der Waals surface area contributed by atoms with Crippen LogP contribution >= 0.6 is 43.5 Å². The number of aliphatic carboxylic acids is 1. The second-order valence-corrected chi connectivity index (χ2v) is 20.8. The number of hydrogen-bond donors (Lipinski definition) is 9. The number of carbonyl (C=O) groups is 8. The predicted molar refractivity (Wildman–Crippen MR) is 301 cm³/mol. The van der Waals surface area contributed by atoms with Crippen molar-refractivity contribution in [1.82, 2.24) is 30.2 Å². The van der Waals surface area contributed by atoms with Gasteiger partial charge in [-0.25, -0.2) is 19.1 Å². The number of carboxylic acid groups (broad SMARTS) is 1. The number of likely N-dealkylation sites (tertiary alicyclic amines) is 1. The number of anilines is 3. The minimum atomic E-state index is -1.99. The number of urea groups is 1. The van der Waals surface area contributed by atoms with Crippen LogP contribution in [0.5, 0.6) is 5.75 Å². The van der Waals surface area contributed by atoms with E-state index in [0.717, 1.165) is 4.90 Å². The molecule has 4 heterocycles. The molecule has 0 radical (unpaired) electrons. The number of rotatable bonds is 27. The van der Waals surface area contributed by atoms with Crippen molar-refractivity contribution >= 4 is 108 Å². The van der Waals surface area contributed by atoms with E-state index in [2.05, 4.69) is 63.5 Å². The molecule has 1 aromatic heterocycles. The van der Waals surface area contributed by atoms with Gasteiger partial charge in [0, 0.05) is 44.6 Å². The van der Waals surface area contributed by atoms with Crippen molar-refractivity contribution in [2.24, 2.45) is 5.92 Å². The van der Waals surface area contributed by atoms with Gasteiger partial charge in [0.1, 0.15) is 39.6 Å². The molecular weight excluding hydrogens is 1250 g/mol. The molecule has 8 amide bonds. The minimum Gasteiger partial charge on any atom is -0.479 e. The zero-order valence-electron chi connectivity index (χ0n) is 44.2. The van der Waals surface area contributed by atoms with Crippen LogP contribution in [0.3, 0.4) is 0 Å². The Morgan fingerprint density at radius 2 is 1.45 bits per heavy atom. The highest BCUT2D eigenvalue weighted by molar-refractivity contribution is 9.14. The van der Waals surface area contributed by atoms with Crippen LogP contribution in [0, 0.1) is 5.92 Å². The molecule has 3 aliphatic heterocycles. The SMILES string of the molecule is O=C(CCOCCOCCOCCN1C(=O)C(Br)=C(Br)C1=O)NCCC(=O)Nc1cc(COC(=O)N2CCC(CNC(=O)c3cccc(-n4cc(NC(=O)Nc5ccccc5Cl)cn4)c3)CC2)ccc1O[C@@H]1O[C@H](C(=O)O)[C@@H](O)[C@H](O)[C@H]1O. The molecule has 0 bridgehead atoms. The van der Waals surface area contributed by atoms with Crippen LogP contribution in [0.1, 0.15) is 41.6 Å². The van der Waals surface area contributed by atoms with Gasteiger partial charge in [-0.3, -0.25) is 28.9 Å². The van der Waals surface area contributed by atoms with Gasteiger partial charge in [0.15, 0.2) is 6.10 Å². The fourth-order valence-corrected chi connectivity index (χ4v) is 9.35. The topological polar surface area (TPSA) is 357 Å². The number of hydrogen-bond acceptors (Lipinski definition) is 18. The smallest absolute Gasteiger partial charge is 0.410 e. The lowest BCUT2D eigenvalue weighted by Gasteiger charge is -2.38. The van der Waals surface area contributed by atoms with E-state index in [1.807, 2.05) is 0 Å². The van der Waals surface area contributed by atoms with Gasteiger partial charge in [-0.05, 0) is 98.6 Å². The molecule has 0 aliphatic carbocycles. The van der Waals surface area contributed by atoms with Crippen molar-refractivity contribution < 1.29 is 87.2 Å². The number of aliphatic hydroxyl groups is 3. The molecular formula is C53H60Br2ClN9O18. The van der Waals surface area contributed by atoms with Crippen LogP contribution in [0.15, 0.2) is 88.1 Å². The number of piperidine rings is 1. The average molecular weight is 1310 g/mol. The number of amides is 8. The number of nitrogens with one attached hydrogen (secondary N) is 5. The van der Waals surface area contributed by atoms with Crippen LogP contribution in [0.4, 0.5) is 26.7 Å². The van der Waals surface area contributed by atoms with Crippen molar-refractivity contribution in [3.05, 3.63) is 104 Å². The van der Waals surface area contributed by atoms with Gasteiger partial charge in [-0.1, -0.05) is 35.9 Å². The summed E-state index contributed by atoms with van der Waals surface area (Å²) in [4.78, 5) is 103. The van der Waals surface area contributed by atoms with Crippen molar-refractivity contribution in [2.45, 2.75) is 63.0 Å². The number of halogens is 3. The maximum absolute atomic E-state index is 13.3. The third-order valence-corrected chi connectivity index (χ3v) is 15.2. The zero-order chi connectivity index (χ0) is 59.6.